The molecular weight excluding hydrogens is 260 g/mol. The van der Waals surface area contributed by atoms with Gasteiger partial charge in [0, 0.05) is 20.1 Å². The van der Waals surface area contributed by atoms with Crippen LogP contribution in [0.3, 0.4) is 0 Å². The molecule has 0 aliphatic rings. The van der Waals surface area contributed by atoms with E-state index in [1.165, 1.54) is 11.1 Å². The van der Waals surface area contributed by atoms with Crippen LogP contribution >= 0.6 is 0 Å². The van der Waals surface area contributed by atoms with Crippen molar-refractivity contribution in [1.82, 2.24) is 10.2 Å². The Balaban J connectivity index is 1.75. The van der Waals surface area contributed by atoms with Gasteiger partial charge in [0.25, 0.3) is 0 Å². The molecule has 0 aromatic heterocycles. The van der Waals surface area contributed by atoms with Crippen LogP contribution in [0.25, 0.3) is 0 Å². The Bertz CT molecular complexity index is 564. The number of hydrogen-bond acceptors (Lipinski definition) is 1. The van der Waals surface area contributed by atoms with Crippen LogP contribution in [-0.4, -0.2) is 24.5 Å². The zero-order valence-electron chi connectivity index (χ0n) is 12.7. The maximum absolute atomic E-state index is 12.0. The number of rotatable bonds is 5. The molecule has 0 bridgehead atoms. The molecule has 2 aromatic rings. The lowest BCUT2D eigenvalue weighted by molar-refractivity contribution is 0.207. The summed E-state index contributed by atoms with van der Waals surface area (Å²) in [5, 5.41) is 2.95. The molecule has 0 unspecified atom stereocenters. The molecule has 1 N–H and O–H groups in total. The van der Waals surface area contributed by atoms with E-state index in [2.05, 4.69) is 36.5 Å². The van der Waals surface area contributed by atoms with Gasteiger partial charge in [-0.2, -0.15) is 0 Å². The predicted molar refractivity (Wildman–Crippen MR) is 86.2 cm³/mol. The highest BCUT2D eigenvalue weighted by atomic mass is 16.2. The van der Waals surface area contributed by atoms with Crippen LogP contribution in [0.15, 0.2) is 54.6 Å². The smallest absolute Gasteiger partial charge is 0.317 e. The molecule has 3 nitrogen and oxygen atoms in total. The fourth-order valence-electron chi connectivity index (χ4n) is 2.13. The van der Waals surface area contributed by atoms with Gasteiger partial charge in [0.2, 0.25) is 0 Å². The summed E-state index contributed by atoms with van der Waals surface area (Å²) in [4.78, 5) is 13.7. The maximum Gasteiger partial charge on any atom is 0.317 e. The zero-order chi connectivity index (χ0) is 15.1. The van der Waals surface area contributed by atoms with Crippen LogP contribution in [0.4, 0.5) is 4.79 Å². The third-order valence-corrected chi connectivity index (χ3v) is 3.42. The SMILES string of the molecule is Cc1ccc(CCNC(=O)N(C)Cc2ccccc2)cc1. The molecule has 0 fully saturated rings. The van der Waals surface area contributed by atoms with Crippen LogP contribution in [-0.2, 0) is 13.0 Å². The van der Waals surface area contributed by atoms with Crippen molar-refractivity contribution in [3.63, 3.8) is 0 Å². The average Bonchev–Trinajstić information content (AvgIpc) is 2.50. The number of hydrogen-bond donors (Lipinski definition) is 1. The number of nitrogens with one attached hydrogen (secondary N) is 1. The Morgan fingerprint density at radius 2 is 1.67 bits per heavy atom. The van der Waals surface area contributed by atoms with Crippen molar-refractivity contribution >= 4 is 6.03 Å². The maximum atomic E-state index is 12.0. The summed E-state index contributed by atoms with van der Waals surface area (Å²) in [6.07, 6.45) is 0.852. The van der Waals surface area contributed by atoms with E-state index in [1.807, 2.05) is 37.4 Å². The Labute approximate surface area is 126 Å². The van der Waals surface area contributed by atoms with Crippen molar-refractivity contribution in [3.8, 4) is 0 Å². The minimum absolute atomic E-state index is 0.0361. The number of carbonyl (C=O) groups excluding carboxylic acids is 1. The summed E-state index contributed by atoms with van der Waals surface area (Å²) in [7, 11) is 1.81. The van der Waals surface area contributed by atoms with E-state index in [-0.39, 0.29) is 6.03 Å². The third kappa shape index (κ3) is 4.95. The number of amides is 2. The molecule has 0 radical (unpaired) electrons. The second kappa shape index (κ2) is 7.48. The molecule has 2 rings (SSSR count). The van der Waals surface area contributed by atoms with Gasteiger partial charge in [-0.25, -0.2) is 4.79 Å². The van der Waals surface area contributed by atoms with Gasteiger partial charge in [0.1, 0.15) is 0 Å². The summed E-state index contributed by atoms with van der Waals surface area (Å²) < 4.78 is 0. The Kier molecular flexibility index (Phi) is 5.38. The van der Waals surface area contributed by atoms with E-state index in [1.54, 1.807) is 4.90 Å². The quantitative estimate of drug-likeness (QED) is 0.896. The number of nitrogens with zero attached hydrogens (tertiary/aromatic N) is 1. The van der Waals surface area contributed by atoms with Crippen molar-refractivity contribution in [2.45, 2.75) is 19.9 Å². The first kappa shape index (κ1) is 15.1. The first-order chi connectivity index (χ1) is 10.1. The van der Waals surface area contributed by atoms with Gasteiger partial charge in [-0.15, -0.1) is 0 Å². The second-order valence-electron chi connectivity index (χ2n) is 5.31. The van der Waals surface area contributed by atoms with Gasteiger partial charge < -0.3 is 10.2 Å². The molecule has 0 spiro atoms. The number of carbonyl (C=O) groups is 1. The van der Waals surface area contributed by atoms with Crippen molar-refractivity contribution in [1.29, 1.82) is 0 Å². The average molecular weight is 282 g/mol. The van der Waals surface area contributed by atoms with Gasteiger partial charge in [0.15, 0.2) is 0 Å². The van der Waals surface area contributed by atoms with Gasteiger partial charge in [-0.1, -0.05) is 60.2 Å². The first-order valence-corrected chi connectivity index (χ1v) is 7.23. The van der Waals surface area contributed by atoms with E-state index in [0.717, 1.165) is 12.0 Å². The van der Waals surface area contributed by atoms with Gasteiger partial charge in [-0.3, -0.25) is 0 Å². The monoisotopic (exact) mass is 282 g/mol. The van der Waals surface area contributed by atoms with Gasteiger partial charge in [-0.05, 0) is 24.5 Å². The summed E-state index contributed by atoms with van der Waals surface area (Å²) in [5.41, 5.74) is 3.63. The van der Waals surface area contributed by atoms with Crippen LogP contribution in [0, 0.1) is 6.92 Å². The highest BCUT2D eigenvalue weighted by molar-refractivity contribution is 5.73. The van der Waals surface area contributed by atoms with E-state index in [4.69, 9.17) is 0 Å². The Morgan fingerprint density at radius 1 is 1.00 bits per heavy atom. The molecule has 0 saturated carbocycles. The van der Waals surface area contributed by atoms with Gasteiger partial charge in [0.05, 0.1) is 0 Å². The fraction of sp³-hybridized carbons (Fsp3) is 0.278. The summed E-state index contributed by atoms with van der Waals surface area (Å²) >= 11 is 0. The molecule has 0 heterocycles. The minimum atomic E-state index is -0.0361. The first-order valence-electron chi connectivity index (χ1n) is 7.23. The Morgan fingerprint density at radius 3 is 2.33 bits per heavy atom. The molecule has 21 heavy (non-hydrogen) atoms. The molecule has 2 amide bonds. The molecule has 0 aliphatic heterocycles. The lowest BCUT2D eigenvalue weighted by Crippen LogP contribution is -2.37. The molecule has 0 saturated heterocycles. The van der Waals surface area contributed by atoms with E-state index >= 15 is 0 Å². The lowest BCUT2D eigenvalue weighted by Gasteiger charge is -2.18. The molecule has 3 heteroatoms. The summed E-state index contributed by atoms with van der Waals surface area (Å²) in [5.74, 6) is 0. The van der Waals surface area contributed by atoms with Crippen LogP contribution < -0.4 is 5.32 Å². The van der Waals surface area contributed by atoms with E-state index in [9.17, 15) is 4.79 Å². The number of benzene rings is 2. The normalized spacial score (nSPS) is 10.2. The van der Waals surface area contributed by atoms with E-state index < -0.39 is 0 Å². The topological polar surface area (TPSA) is 32.3 Å². The van der Waals surface area contributed by atoms with Crippen LogP contribution in [0.5, 0.6) is 0 Å². The van der Waals surface area contributed by atoms with E-state index in [0.29, 0.717) is 13.1 Å². The summed E-state index contributed by atoms with van der Waals surface area (Å²) in [6, 6.07) is 18.4. The molecule has 0 atom stereocenters. The molecule has 2 aromatic carbocycles. The highest BCUT2D eigenvalue weighted by Gasteiger charge is 2.07. The van der Waals surface area contributed by atoms with Crippen LogP contribution in [0.1, 0.15) is 16.7 Å². The Hall–Kier alpha value is -2.29. The molecule has 110 valence electrons. The summed E-state index contributed by atoms with van der Waals surface area (Å²) in [6.45, 7) is 3.35. The zero-order valence-corrected chi connectivity index (χ0v) is 12.7. The minimum Gasteiger partial charge on any atom is -0.338 e. The second-order valence-corrected chi connectivity index (χ2v) is 5.31. The fourth-order valence-corrected chi connectivity index (χ4v) is 2.13. The van der Waals surface area contributed by atoms with Crippen molar-refractivity contribution in [3.05, 3.63) is 71.3 Å². The third-order valence-electron chi connectivity index (χ3n) is 3.42. The predicted octanol–water partition coefficient (Wildman–Crippen LogP) is 3.38. The molecule has 0 aliphatic carbocycles. The molecular formula is C18H22N2O. The van der Waals surface area contributed by atoms with Crippen molar-refractivity contribution in [2.75, 3.05) is 13.6 Å². The number of urea groups is 1. The highest BCUT2D eigenvalue weighted by Crippen LogP contribution is 2.04. The standard InChI is InChI=1S/C18H22N2O/c1-15-8-10-16(11-9-15)12-13-19-18(21)20(2)14-17-6-4-3-5-7-17/h3-11H,12-14H2,1-2H3,(H,19,21). The van der Waals surface area contributed by atoms with Crippen LogP contribution in [0.2, 0.25) is 0 Å². The largest absolute Gasteiger partial charge is 0.338 e. The lowest BCUT2D eigenvalue weighted by atomic mass is 10.1. The van der Waals surface area contributed by atoms with Crippen molar-refractivity contribution in [2.24, 2.45) is 0 Å². The van der Waals surface area contributed by atoms with Crippen molar-refractivity contribution < 1.29 is 4.79 Å². The number of aryl methyl sites for hydroxylation is 1. The van der Waals surface area contributed by atoms with Gasteiger partial charge >= 0.3 is 6.03 Å².